The molecule has 4 heteroatoms. The van der Waals surface area contributed by atoms with Crippen LogP contribution in [0.5, 0.6) is 5.75 Å². The third-order valence-corrected chi connectivity index (χ3v) is 3.70. The summed E-state index contributed by atoms with van der Waals surface area (Å²) in [5.74, 6) is -0.261. The Morgan fingerprint density at radius 1 is 1.26 bits per heavy atom. The van der Waals surface area contributed by atoms with Crippen molar-refractivity contribution in [3.8, 4) is 11.8 Å². The van der Waals surface area contributed by atoms with E-state index in [1.807, 2.05) is 6.07 Å². The summed E-state index contributed by atoms with van der Waals surface area (Å²) in [6.07, 6.45) is 6.47. The fourth-order valence-electron chi connectivity index (χ4n) is 2.53. The first-order valence-electron chi connectivity index (χ1n) is 6.75. The van der Waals surface area contributed by atoms with Crippen LogP contribution in [-0.4, -0.2) is 12.1 Å². The summed E-state index contributed by atoms with van der Waals surface area (Å²) >= 11 is 0. The predicted molar refractivity (Wildman–Crippen MR) is 71.2 cm³/mol. The first-order valence-corrected chi connectivity index (χ1v) is 6.75. The summed E-state index contributed by atoms with van der Waals surface area (Å²) in [5.41, 5.74) is 5.94. The van der Waals surface area contributed by atoms with Gasteiger partial charge < -0.3 is 10.5 Å². The molecule has 0 aliphatic heterocycles. The summed E-state index contributed by atoms with van der Waals surface area (Å²) < 4.78 is 19.1. The van der Waals surface area contributed by atoms with Crippen LogP contribution in [0.3, 0.4) is 0 Å². The second-order valence-corrected chi connectivity index (χ2v) is 5.29. The largest absolute Gasteiger partial charge is 0.490 e. The Morgan fingerprint density at radius 3 is 2.58 bits per heavy atom. The molecule has 1 aliphatic carbocycles. The lowest BCUT2D eigenvalue weighted by Gasteiger charge is -2.28. The maximum Gasteiger partial charge on any atom is 0.144 e. The van der Waals surface area contributed by atoms with Crippen molar-refractivity contribution in [1.82, 2.24) is 0 Å². The van der Waals surface area contributed by atoms with Crippen molar-refractivity contribution >= 4 is 0 Å². The molecule has 1 saturated carbocycles. The van der Waals surface area contributed by atoms with Gasteiger partial charge >= 0.3 is 0 Å². The van der Waals surface area contributed by atoms with Crippen LogP contribution in [0.4, 0.5) is 4.39 Å². The second kappa shape index (κ2) is 6.03. The Morgan fingerprint density at radius 2 is 1.95 bits per heavy atom. The lowest BCUT2D eigenvalue weighted by Crippen LogP contribution is -2.45. The van der Waals surface area contributed by atoms with E-state index >= 15 is 0 Å². The van der Waals surface area contributed by atoms with E-state index in [9.17, 15) is 4.39 Å². The Balaban J connectivity index is 2.06. The van der Waals surface area contributed by atoms with E-state index in [0.29, 0.717) is 6.61 Å². The molecule has 1 fully saturated rings. The van der Waals surface area contributed by atoms with Crippen molar-refractivity contribution < 1.29 is 9.13 Å². The first kappa shape index (κ1) is 13.8. The van der Waals surface area contributed by atoms with E-state index in [1.54, 1.807) is 12.1 Å². The highest BCUT2D eigenvalue weighted by atomic mass is 19.1. The van der Waals surface area contributed by atoms with Crippen LogP contribution >= 0.6 is 0 Å². The van der Waals surface area contributed by atoms with Crippen molar-refractivity contribution in [3.05, 3.63) is 29.6 Å². The highest BCUT2D eigenvalue weighted by Crippen LogP contribution is 2.27. The number of nitrogens with two attached hydrogens (primary N) is 1. The Bertz CT molecular complexity index is 474. The molecule has 0 aromatic heterocycles. The SMILES string of the molecule is N#Cc1c(F)cccc1OCC1(N)CCCCCC1. The van der Waals surface area contributed by atoms with E-state index in [-0.39, 0.29) is 16.9 Å². The average molecular weight is 262 g/mol. The smallest absolute Gasteiger partial charge is 0.144 e. The molecule has 0 amide bonds. The maximum atomic E-state index is 13.4. The number of rotatable bonds is 3. The first-order chi connectivity index (χ1) is 9.14. The molecule has 19 heavy (non-hydrogen) atoms. The third-order valence-electron chi connectivity index (χ3n) is 3.70. The van der Waals surface area contributed by atoms with E-state index in [0.717, 1.165) is 25.7 Å². The number of benzene rings is 1. The lowest BCUT2D eigenvalue weighted by molar-refractivity contribution is 0.198. The second-order valence-electron chi connectivity index (χ2n) is 5.29. The van der Waals surface area contributed by atoms with Gasteiger partial charge in [0.15, 0.2) is 0 Å². The number of nitrogens with zero attached hydrogens (tertiary/aromatic N) is 1. The maximum absolute atomic E-state index is 13.4. The normalized spacial score (nSPS) is 18.4. The van der Waals surface area contributed by atoms with E-state index in [1.165, 1.54) is 18.9 Å². The van der Waals surface area contributed by atoms with Crippen molar-refractivity contribution in [2.24, 2.45) is 5.73 Å². The molecule has 2 rings (SSSR count). The van der Waals surface area contributed by atoms with Gasteiger partial charge in [-0.15, -0.1) is 0 Å². The monoisotopic (exact) mass is 262 g/mol. The molecule has 0 bridgehead atoms. The molecule has 0 radical (unpaired) electrons. The van der Waals surface area contributed by atoms with Crippen LogP contribution in [0.2, 0.25) is 0 Å². The third kappa shape index (κ3) is 3.45. The molecular formula is C15H19FN2O. The number of halogens is 1. The van der Waals surface area contributed by atoms with Gasteiger partial charge in [0, 0.05) is 0 Å². The average Bonchev–Trinajstić information content (AvgIpc) is 2.62. The molecule has 102 valence electrons. The Labute approximate surface area is 113 Å². The van der Waals surface area contributed by atoms with Gasteiger partial charge in [0.2, 0.25) is 0 Å². The molecule has 0 saturated heterocycles. The van der Waals surface area contributed by atoms with E-state index in [2.05, 4.69) is 0 Å². The Kier molecular flexibility index (Phi) is 4.39. The van der Waals surface area contributed by atoms with Crippen LogP contribution in [0.15, 0.2) is 18.2 Å². The van der Waals surface area contributed by atoms with Crippen molar-refractivity contribution in [1.29, 1.82) is 5.26 Å². The number of hydrogen-bond donors (Lipinski definition) is 1. The molecule has 1 aromatic rings. The minimum absolute atomic E-state index is 0.0419. The van der Waals surface area contributed by atoms with Crippen molar-refractivity contribution in [3.63, 3.8) is 0 Å². The summed E-state index contributed by atoms with van der Waals surface area (Å²) in [4.78, 5) is 0. The standard InChI is InChI=1S/C15H19FN2O/c16-13-6-5-7-14(12(13)10-17)19-11-15(18)8-3-1-2-4-9-15/h5-7H,1-4,8-9,11,18H2. The zero-order valence-electron chi connectivity index (χ0n) is 11.0. The highest BCUT2D eigenvalue weighted by Gasteiger charge is 2.27. The van der Waals surface area contributed by atoms with Crippen molar-refractivity contribution in [2.75, 3.05) is 6.61 Å². The summed E-state index contributed by atoms with van der Waals surface area (Å²) in [6, 6.07) is 6.25. The van der Waals surface area contributed by atoms with Crippen LogP contribution in [0, 0.1) is 17.1 Å². The van der Waals surface area contributed by atoms with Crippen LogP contribution in [0.25, 0.3) is 0 Å². The number of hydrogen-bond acceptors (Lipinski definition) is 3. The minimum atomic E-state index is -0.549. The van der Waals surface area contributed by atoms with Gasteiger partial charge in [-0.1, -0.05) is 31.7 Å². The zero-order chi connectivity index (χ0) is 13.7. The summed E-state index contributed by atoms with van der Waals surface area (Å²) in [7, 11) is 0. The summed E-state index contributed by atoms with van der Waals surface area (Å²) in [5, 5.41) is 8.94. The molecular weight excluding hydrogens is 243 g/mol. The van der Waals surface area contributed by atoms with Crippen LogP contribution in [-0.2, 0) is 0 Å². The minimum Gasteiger partial charge on any atom is -0.490 e. The van der Waals surface area contributed by atoms with E-state index < -0.39 is 5.82 Å². The topological polar surface area (TPSA) is 59.0 Å². The van der Waals surface area contributed by atoms with Crippen LogP contribution < -0.4 is 10.5 Å². The molecule has 0 unspecified atom stereocenters. The number of ether oxygens (including phenoxy) is 1. The molecule has 1 aromatic carbocycles. The summed E-state index contributed by atoms with van der Waals surface area (Å²) in [6.45, 7) is 0.338. The molecule has 0 atom stereocenters. The van der Waals surface area contributed by atoms with Gasteiger partial charge in [0.1, 0.15) is 29.8 Å². The molecule has 0 heterocycles. The Hall–Kier alpha value is -1.60. The fraction of sp³-hybridized carbons (Fsp3) is 0.533. The van der Waals surface area contributed by atoms with Gasteiger partial charge in [-0.25, -0.2) is 4.39 Å². The van der Waals surface area contributed by atoms with Gasteiger partial charge in [0.25, 0.3) is 0 Å². The molecule has 3 nitrogen and oxygen atoms in total. The highest BCUT2D eigenvalue weighted by molar-refractivity contribution is 5.43. The molecule has 2 N–H and O–H groups in total. The fourth-order valence-corrected chi connectivity index (χ4v) is 2.53. The van der Waals surface area contributed by atoms with Crippen molar-refractivity contribution in [2.45, 2.75) is 44.1 Å². The zero-order valence-corrected chi connectivity index (χ0v) is 11.0. The number of nitriles is 1. The molecule has 1 aliphatic rings. The quantitative estimate of drug-likeness (QED) is 0.851. The van der Waals surface area contributed by atoms with Gasteiger partial charge in [-0.3, -0.25) is 0 Å². The molecule has 0 spiro atoms. The van der Waals surface area contributed by atoms with E-state index in [4.69, 9.17) is 15.7 Å². The van der Waals surface area contributed by atoms with Gasteiger partial charge in [0.05, 0.1) is 5.54 Å². The van der Waals surface area contributed by atoms with Gasteiger partial charge in [-0.05, 0) is 25.0 Å². The lowest BCUT2D eigenvalue weighted by atomic mass is 9.92. The van der Waals surface area contributed by atoms with Crippen LogP contribution in [0.1, 0.15) is 44.1 Å². The van der Waals surface area contributed by atoms with Gasteiger partial charge in [-0.2, -0.15) is 5.26 Å². The predicted octanol–water partition coefficient (Wildman–Crippen LogP) is 3.13.